The summed E-state index contributed by atoms with van der Waals surface area (Å²) >= 11 is 0. The molecule has 3 N–H and O–H groups in total. The van der Waals surface area contributed by atoms with Gasteiger partial charge in [0.15, 0.2) is 0 Å². The van der Waals surface area contributed by atoms with E-state index in [1.165, 1.54) is 0 Å². The van der Waals surface area contributed by atoms with Crippen LogP contribution >= 0.6 is 0 Å². The van der Waals surface area contributed by atoms with Gasteiger partial charge >= 0.3 is 0 Å². The van der Waals surface area contributed by atoms with E-state index in [2.05, 4.69) is 12.2 Å². The van der Waals surface area contributed by atoms with Crippen LogP contribution in [0.4, 0.5) is 0 Å². The van der Waals surface area contributed by atoms with Gasteiger partial charge in [0.2, 0.25) is 0 Å². The quantitative estimate of drug-likeness (QED) is 0.555. The molecule has 2 heteroatoms. The molecule has 0 amide bonds. The topological polar surface area (TPSA) is 38.0 Å². The first-order chi connectivity index (χ1) is 3.81. The summed E-state index contributed by atoms with van der Waals surface area (Å²) in [7, 11) is 1.95. The van der Waals surface area contributed by atoms with Gasteiger partial charge in [-0.1, -0.05) is 6.92 Å². The van der Waals surface area contributed by atoms with Crippen LogP contribution in [0.1, 0.15) is 19.8 Å². The predicted molar refractivity (Wildman–Crippen MR) is 36.8 cm³/mol. The monoisotopic (exact) mass is 116 g/mol. The van der Waals surface area contributed by atoms with E-state index in [0.717, 1.165) is 19.4 Å². The van der Waals surface area contributed by atoms with Gasteiger partial charge in [-0.3, -0.25) is 0 Å². The van der Waals surface area contributed by atoms with Crippen LogP contribution in [0.25, 0.3) is 0 Å². The van der Waals surface area contributed by atoms with E-state index in [0.29, 0.717) is 6.04 Å². The highest BCUT2D eigenvalue weighted by Crippen LogP contribution is 1.89. The Kier molecular flexibility index (Phi) is 5.01. The molecule has 0 radical (unpaired) electrons. The zero-order chi connectivity index (χ0) is 6.41. The molecule has 0 spiro atoms. The van der Waals surface area contributed by atoms with Crippen molar-refractivity contribution in [3.05, 3.63) is 0 Å². The lowest BCUT2D eigenvalue weighted by atomic mass is 10.2. The van der Waals surface area contributed by atoms with Crippen molar-refractivity contribution in [1.82, 2.24) is 5.32 Å². The lowest BCUT2D eigenvalue weighted by Gasteiger charge is -2.05. The van der Waals surface area contributed by atoms with E-state index in [1.54, 1.807) is 0 Å². The molecule has 8 heavy (non-hydrogen) atoms. The SMILES string of the molecule is CC[C@@H](N)CCNC. The van der Waals surface area contributed by atoms with Gasteiger partial charge in [-0.15, -0.1) is 0 Å². The first-order valence-corrected chi connectivity index (χ1v) is 3.21. The smallest absolute Gasteiger partial charge is 0.00482 e. The molecule has 0 aromatic carbocycles. The van der Waals surface area contributed by atoms with Crippen molar-refractivity contribution in [3.8, 4) is 0 Å². The fourth-order valence-electron chi connectivity index (χ4n) is 0.534. The molecule has 0 aliphatic rings. The minimum absolute atomic E-state index is 0.391. The van der Waals surface area contributed by atoms with Crippen LogP contribution in [0.15, 0.2) is 0 Å². The van der Waals surface area contributed by atoms with Crippen molar-refractivity contribution < 1.29 is 0 Å². The molecule has 0 heterocycles. The molecule has 1 atom stereocenters. The molecule has 0 bridgehead atoms. The minimum atomic E-state index is 0.391. The molecule has 0 rings (SSSR count). The summed E-state index contributed by atoms with van der Waals surface area (Å²) in [6, 6.07) is 0.391. The highest BCUT2D eigenvalue weighted by atomic mass is 14.8. The van der Waals surface area contributed by atoms with E-state index in [-0.39, 0.29) is 0 Å². The second-order valence-corrected chi connectivity index (χ2v) is 2.06. The fraction of sp³-hybridized carbons (Fsp3) is 1.00. The molecule has 0 unspecified atom stereocenters. The van der Waals surface area contributed by atoms with E-state index >= 15 is 0 Å². The van der Waals surface area contributed by atoms with Gasteiger partial charge in [-0.05, 0) is 26.4 Å². The summed E-state index contributed by atoms with van der Waals surface area (Å²) < 4.78 is 0. The Labute approximate surface area is 51.5 Å². The van der Waals surface area contributed by atoms with E-state index < -0.39 is 0 Å². The Bertz CT molecular complexity index is 45.8. The third kappa shape index (κ3) is 4.09. The first kappa shape index (κ1) is 7.92. The highest BCUT2D eigenvalue weighted by Gasteiger charge is 1.94. The zero-order valence-corrected chi connectivity index (χ0v) is 5.78. The lowest BCUT2D eigenvalue weighted by molar-refractivity contribution is 0.573. The Hall–Kier alpha value is -0.0800. The van der Waals surface area contributed by atoms with Gasteiger partial charge in [0.1, 0.15) is 0 Å². The third-order valence-electron chi connectivity index (χ3n) is 1.29. The largest absolute Gasteiger partial charge is 0.328 e. The molecular weight excluding hydrogens is 100 g/mol. The van der Waals surface area contributed by atoms with Gasteiger partial charge < -0.3 is 11.1 Å². The Morgan fingerprint density at radius 3 is 2.62 bits per heavy atom. The summed E-state index contributed by atoms with van der Waals surface area (Å²) in [4.78, 5) is 0. The standard InChI is InChI=1S/C6H16N2/c1-3-6(7)4-5-8-2/h6,8H,3-5,7H2,1-2H3/t6-/m1/s1. The van der Waals surface area contributed by atoms with E-state index in [4.69, 9.17) is 5.73 Å². The van der Waals surface area contributed by atoms with Crippen LogP contribution in [-0.2, 0) is 0 Å². The van der Waals surface area contributed by atoms with Crippen LogP contribution in [-0.4, -0.2) is 19.6 Å². The molecule has 0 aliphatic carbocycles. The van der Waals surface area contributed by atoms with Crippen molar-refractivity contribution >= 4 is 0 Å². The van der Waals surface area contributed by atoms with Crippen LogP contribution in [0.3, 0.4) is 0 Å². The Morgan fingerprint density at radius 2 is 2.25 bits per heavy atom. The summed E-state index contributed by atoms with van der Waals surface area (Å²) in [6.45, 7) is 3.15. The van der Waals surface area contributed by atoms with Crippen molar-refractivity contribution in [2.75, 3.05) is 13.6 Å². The maximum Gasteiger partial charge on any atom is 0.00482 e. The number of hydrogen-bond acceptors (Lipinski definition) is 2. The molecule has 0 aromatic heterocycles. The fourth-order valence-corrected chi connectivity index (χ4v) is 0.534. The van der Waals surface area contributed by atoms with E-state index in [9.17, 15) is 0 Å². The first-order valence-electron chi connectivity index (χ1n) is 3.21. The molecule has 0 saturated heterocycles. The average Bonchev–Trinajstić information content (AvgIpc) is 1.83. The van der Waals surface area contributed by atoms with Crippen molar-refractivity contribution in [2.45, 2.75) is 25.8 Å². The van der Waals surface area contributed by atoms with Gasteiger partial charge in [-0.25, -0.2) is 0 Å². The molecule has 0 aliphatic heterocycles. The maximum absolute atomic E-state index is 5.62. The van der Waals surface area contributed by atoms with Gasteiger partial charge in [0.25, 0.3) is 0 Å². The van der Waals surface area contributed by atoms with Crippen molar-refractivity contribution in [1.29, 1.82) is 0 Å². The number of nitrogens with two attached hydrogens (primary N) is 1. The van der Waals surface area contributed by atoms with Gasteiger partial charge in [0.05, 0.1) is 0 Å². The number of rotatable bonds is 4. The van der Waals surface area contributed by atoms with Crippen LogP contribution in [0.2, 0.25) is 0 Å². The van der Waals surface area contributed by atoms with Crippen LogP contribution < -0.4 is 11.1 Å². The van der Waals surface area contributed by atoms with Crippen LogP contribution in [0, 0.1) is 0 Å². The zero-order valence-electron chi connectivity index (χ0n) is 5.78. The molecule has 0 fully saturated rings. The Morgan fingerprint density at radius 1 is 1.62 bits per heavy atom. The normalized spacial score (nSPS) is 13.9. The number of nitrogens with one attached hydrogen (secondary N) is 1. The summed E-state index contributed by atoms with van der Waals surface area (Å²) in [5.41, 5.74) is 5.62. The molecule has 50 valence electrons. The molecular formula is C6H16N2. The molecule has 0 saturated carbocycles. The summed E-state index contributed by atoms with van der Waals surface area (Å²) in [5, 5.41) is 3.05. The number of hydrogen-bond donors (Lipinski definition) is 2. The second kappa shape index (κ2) is 5.06. The predicted octanol–water partition coefficient (Wildman–Crippen LogP) is 0.333. The maximum atomic E-state index is 5.62. The minimum Gasteiger partial charge on any atom is -0.328 e. The van der Waals surface area contributed by atoms with Gasteiger partial charge in [-0.2, -0.15) is 0 Å². The second-order valence-electron chi connectivity index (χ2n) is 2.06. The summed E-state index contributed by atoms with van der Waals surface area (Å²) in [5.74, 6) is 0. The van der Waals surface area contributed by atoms with Crippen LogP contribution in [0.5, 0.6) is 0 Å². The van der Waals surface area contributed by atoms with Gasteiger partial charge in [0, 0.05) is 6.04 Å². The lowest BCUT2D eigenvalue weighted by Crippen LogP contribution is -2.23. The highest BCUT2D eigenvalue weighted by molar-refractivity contribution is 4.58. The average molecular weight is 116 g/mol. The third-order valence-corrected chi connectivity index (χ3v) is 1.29. The van der Waals surface area contributed by atoms with Crippen molar-refractivity contribution in [2.24, 2.45) is 5.73 Å². The molecule has 2 nitrogen and oxygen atoms in total. The molecule has 0 aromatic rings. The Balaban J connectivity index is 2.86. The van der Waals surface area contributed by atoms with E-state index in [1.807, 2.05) is 7.05 Å². The van der Waals surface area contributed by atoms with Crippen molar-refractivity contribution in [3.63, 3.8) is 0 Å². The summed E-state index contributed by atoms with van der Waals surface area (Å²) in [6.07, 6.45) is 2.18.